The number of nitrogens with two attached hydrogens (primary N) is 1. The molecular formula is C2H2N8. The minimum Gasteiger partial charge on any atom is -0.320 e. The number of rotatable bonds is 0. The highest BCUT2D eigenvalue weighted by Crippen LogP contribution is 1.94. The molecule has 0 bridgehead atoms. The van der Waals surface area contributed by atoms with E-state index in [1.807, 2.05) is 0 Å². The third-order valence-corrected chi connectivity index (χ3v) is 0.972. The monoisotopic (exact) mass is 138 g/mol. The van der Waals surface area contributed by atoms with Crippen molar-refractivity contribution in [3.8, 4) is 0 Å². The van der Waals surface area contributed by atoms with E-state index < -0.39 is 0 Å². The molecule has 0 saturated heterocycles. The molecule has 0 unspecified atom stereocenters. The van der Waals surface area contributed by atoms with Gasteiger partial charge in [-0.15, -0.1) is 20.1 Å². The second kappa shape index (κ2) is 1.56. The van der Waals surface area contributed by atoms with E-state index in [1.54, 1.807) is 0 Å². The second-order valence-electron chi connectivity index (χ2n) is 1.56. The van der Waals surface area contributed by atoms with Crippen molar-refractivity contribution < 1.29 is 0 Å². The number of hydrogen-bond acceptors (Lipinski definition) is 7. The number of aromatic nitrogens is 7. The average Bonchev–Trinajstić information content (AvgIpc) is 2.34. The summed E-state index contributed by atoms with van der Waals surface area (Å²) in [5.74, 6) is 5.25. The molecule has 2 heterocycles. The molecule has 2 aromatic heterocycles. The summed E-state index contributed by atoms with van der Waals surface area (Å²) >= 11 is 0. The maximum absolute atomic E-state index is 5.25. The van der Waals surface area contributed by atoms with Crippen LogP contribution in [-0.4, -0.2) is 35.7 Å². The first-order valence-electron chi connectivity index (χ1n) is 2.40. The van der Waals surface area contributed by atoms with E-state index in [0.29, 0.717) is 5.65 Å². The Bertz CT molecular complexity index is 349. The minimum absolute atomic E-state index is 0.289. The first kappa shape index (κ1) is 4.97. The second-order valence-corrected chi connectivity index (χ2v) is 1.56. The molecule has 0 saturated carbocycles. The largest absolute Gasteiger partial charge is 0.320 e. The molecule has 0 fully saturated rings. The van der Waals surface area contributed by atoms with Gasteiger partial charge in [0.2, 0.25) is 11.3 Å². The number of hydrogen-bond donors (Lipinski definition) is 1. The number of fused-ring (bicyclic) bond motifs is 1. The molecule has 2 rings (SSSR count). The predicted molar refractivity (Wildman–Crippen MR) is 28.9 cm³/mol. The Labute approximate surface area is 54.0 Å². The number of nitrogens with zero attached hydrogens (tertiary/aromatic N) is 7. The molecule has 0 aliphatic rings. The summed E-state index contributed by atoms with van der Waals surface area (Å²) in [5.41, 5.74) is 0.604. The van der Waals surface area contributed by atoms with Crippen LogP contribution in [0.15, 0.2) is 0 Å². The van der Waals surface area contributed by atoms with Gasteiger partial charge in [-0.2, -0.15) is 0 Å². The first-order chi connectivity index (χ1) is 4.88. The van der Waals surface area contributed by atoms with Crippen molar-refractivity contribution in [2.75, 3.05) is 5.84 Å². The van der Waals surface area contributed by atoms with Gasteiger partial charge in [0, 0.05) is 0 Å². The van der Waals surface area contributed by atoms with Crippen molar-refractivity contribution in [3.05, 3.63) is 0 Å². The van der Waals surface area contributed by atoms with Gasteiger partial charge < -0.3 is 5.84 Å². The molecule has 0 aromatic carbocycles. The molecular weight excluding hydrogens is 136 g/mol. The zero-order valence-electron chi connectivity index (χ0n) is 4.71. The predicted octanol–water partition coefficient (Wildman–Crippen LogP) is -2.27. The van der Waals surface area contributed by atoms with Crippen molar-refractivity contribution in [1.29, 1.82) is 0 Å². The average molecular weight is 138 g/mol. The van der Waals surface area contributed by atoms with E-state index >= 15 is 0 Å². The molecule has 50 valence electrons. The summed E-state index contributed by atoms with van der Waals surface area (Å²) < 4.78 is 0. The Hall–Kier alpha value is -1.86. The quantitative estimate of drug-likeness (QED) is 0.408. The molecule has 0 aliphatic heterocycles. The van der Waals surface area contributed by atoms with Crippen LogP contribution in [0.4, 0.5) is 0 Å². The van der Waals surface area contributed by atoms with Gasteiger partial charge in [0.05, 0.1) is 0 Å². The van der Waals surface area contributed by atoms with Crippen LogP contribution in [-0.2, 0) is 0 Å². The summed E-state index contributed by atoms with van der Waals surface area (Å²) in [5, 5.41) is 20.5. The Kier molecular flexibility index (Phi) is 0.774. The highest BCUT2D eigenvalue weighted by Gasteiger charge is 2.02. The zero-order valence-corrected chi connectivity index (χ0v) is 4.71. The van der Waals surface area contributed by atoms with Gasteiger partial charge in [0.25, 0.3) is 0 Å². The van der Waals surface area contributed by atoms with Gasteiger partial charge in [-0.3, -0.25) is 0 Å². The van der Waals surface area contributed by atoms with Gasteiger partial charge >= 0.3 is 0 Å². The highest BCUT2D eigenvalue weighted by atomic mass is 15.6. The lowest BCUT2D eigenvalue weighted by molar-refractivity contribution is 0.759. The topological polar surface area (TPSA) is 108 Å². The van der Waals surface area contributed by atoms with Crippen molar-refractivity contribution in [1.82, 2.24) is 35.7 Å². The smallest absolute Gasteiger partial charge is 0.248 e. The maximum Gasteiger partial charge on any atom is 0.248 e. The van der Waals surface area contributed by atoms with Gasteiger partial charge in [0.15, 0.2) is 0 Å². The molecule has 8 heteroatoms. The van der Waals surface area contributed by atoms with E-state index in [0.717, 1.165) is 4.79 Å². The van der Waals surface area contributed by atoms with Crippen LogP contribution >= 0.6 is 0 Å². The number of nitrogen functional groups attached to an aromatic ring is 1. The van der Waals surface area contributed by atoms with Crippen LogP contribution in [0.5, 0.6) is 0 Å². The zero-order chi connectivity index (χ0) is 6.97. The van der Waals surface area contributed by atoms with Crippen molar-refractivity contribution >= 4 is 11.3 Å². The van der Waals surface area contributed by atoms with E-state index in [-0.39, 0.29) is 5.65 Å². The van der Waals surface area contributed by atoms with Gasteiger partial charge in [-0.25, -0.2) is 0 Å². The Balaban J connectivity index is 2.93. The minimum atomic E-state index is 0.289. The molecule has 8 nitrogen and oxygen atoms in total. The van der Waals surface area contributed by atoms with Gasteiger partial charge in [0.1, 0.15) is 0 Å². The van der Waals surface area contributed by atoms with Crippen LogP contribution in [0.3, 0.4) is 0 Å². The standard InChI is InChI=1S/C2H2N8/c3-10-2-1(5-9-10)4-7-8-6-2/h3H2. The van der Waals surface area contributed by atoms with E-state index in [1.165, 1.54) is 0 Å². The van der Waals surface area contributed by atoms with Crippen LogP contribution < -0.4 is 5.84 Å². The van der Waals surface area contributed by atoms with Crippen molar-refractivity contribution in [3.63, 3.8) is 0 Å². The molecule has 2 N–H and O–H groups in total. The molecule has 0 spiro atoms. The SMILES string of the molecule is Nn1nnc2nnnnc21. The lowest BCUT2D eigenvalue weighted by Crippen LogP contribution is -2.11. The molecule has 0 amide bonds. The molecule has 0 radical (unpaired) electrons. The molecule has 0 atom stereocenters. The van der Waals surface area contributed by atoms with Crippen LogP contribution in [0, 0.1) is 0 Å². The van der Waals surface area contributed by atoms with Crippen LogP contribution in [0.25, 0.3) is 11.3 Å². The summed E-state index contributed by atoms with van der Waals surface area (Å²) in [4.78, 5) is 0.983. The van der Waals surface area contributed by atoms with Gasteiger partial charge in [-0.1, -0.05) is 0 Å². The lowest BCUT2D eigenvalue weighted by atomic mass is 10.8. The molecule has 0 aliphatic carbocycles. The summed E-state index contributed by atoms with van der Waals surface area (Å²) in [6.07, 6.45) is 0. The van der Waals surface area contributed by atoms with Crippen molar-refractivity contribution in [2.24, 2.45) is 0 Å². The fourth-order valence-electron chi connectivity index (χ4n) is 0.560. The summed E-state index contributed by atoms with van der Waals surface area (Å²) in [7, 11) is 0. The van der Waals surface area contributed by atoms with Crippen LogP contribution in [0.1, 0.15) is 0 Å². The van der Waals surface area contributed by atoms with Crippen molar-refractivity contribution in [2.45, 2.75) is 0 Å². The fraction of sp³-hybridized carbons (Fsp3) is 0. The van der Waals surface area contributed by atoms with E-state index in [2.05, 4.69) is 30.9 Å². The third kappa shape index (κ3) is 0.493. The van der Waals surface area contributed by atoms with E-state index in [9.17, 15) is 0 Å². The maximum atomic E-state index is 5.25. The van der Waals surface area contributed by atoms with Gasteiger partial charge in [-0.05, 0) is 15.6 Å². The molecule has 10 heavy (non-hydrogen) atoms. The first-order valence-corrected chi connectivity index (χ1v) is 2.40. The normalized spacial score (nSPS) is 10.4. The molecule has 2 aromatic rings. The Morgan fingerprint density at radius 2 is 1.90 bits per heavy atom. The fourth-order valence-corrected chi connectivity index (χ4v) is 0.560. The highest BCUT2D eigenvalue weighted by molar-refractivity contribution is 5.61. The Morgan fingerprint density at radius 1 is 1.10 bits per heavy atom. The van der Waals surface area contributed by atoms with E-state index in [4.69, 9.17) is 5.84 Å². The Morgan fingerprint density at radius 3 is 2.70 bits per heavy atom. The third-order valence-electron chi connectivity index (χ3n) is 0.972. The summed E-state index contributed by atoms with van der Waals surface area (Å²) in [6, 6.07) is 0. The lowest BCUT2D eigenvalue weighted by Gasteiger charge is -1.83. The summed E-state index contributed by atoms with van der Waals surface area (Å²) in [6.45, 7) is 0. The van der Waals surface area contributed by atoms with Crippen LogP contribution in [0.2, 0.25) is 0 Å².